The molecule has 166 valence electrons. The fraction of sp³-hybridized carbons (Fsp3) is 0.292. The summed E-state index contributed by atoms with van der Waals surface area (Å²) in [5, 5.41) is 16.3. The average molecular weight is 436 g/mol. The van der Waals surface area contributed by atoms with Gasteiger partial charge in [-0.05, 0) is 53.5 Å². The van der Waals surface area contributed by atoms with Gasteiger partial charge in [-0.15, -0.1) is 0 Å². The molecule has 1 atom stereocenters. The second-order valence-corrected chi connectivity index (χ2v) is 8.13. The molecule has 4 rings (SSSR count). The van der Waals surface area contributed by atoms with Gasteiger partial charge in [0.15, 0.2) is 0 Å². The lowest BCUT2D eigenvalue weighted by Gasteiger charge is -2.18. The Morgan fingerprint density at radius 1 is 1.16 bits per heavy atom. The highest BCUT2D eigenvalue weighted by molar-refractivity contribution is 6.10. The lowest BCUT2D eigenvalue weighted by Crippen LogP contribution is -2.46. The first-order valence-electron chi connectivity index (χ1n) is 10.6. The van der Waals surface area contributed by atoms with Crippen LogP contribution >= 0.6 is 0 Å². The van der Waals surface area contributed by atoms with Gasteiger partial charge in [0.25, 0.3) is 5.91 Å². The number of halogens is 1. The molecule has 1 aliphatic rings. The fourth-order valence-electron chi connectivity index (χ4n) is 3.61. The van der Waals surface area contributed by atoms with E-state index in [1.165, 1.54) is 18.3 Å². The van der Waals surface area contributed by atoms with Gasteiger partial charge in [-0.3, -0.25) is 9.59 Å². The van der Waals surface area contributed by atoms with Crippen molar-refractivity contribution < 1.29 is 19.1 Å². The zero-order chi connectivity index (χ0) is 22.7. The molecule has 1 fully saturated rings. The van der Waals surface area contributed by atoms with Crippen molar-refractivity contribution in [2.24, 2.45) is 5.92 Å². The number of hydrogen-bond acceptors (Lipinski definition) is 5. The number of nitrogens with one attached hydrogen (secondary N) is 2. The van der Waals surface area contributed by atoms with E-state index < -0.39 is 11.9 Å². The van der Waals surface area contributed by atoms with Crippen molar-refractivity contribution in [3.8, 4) is 11.1 Å². The number of nitrogens with zero attached hydrogens (tertiary/aromatic N) is 1. The van der Waals surface area contributed by atoms with E-state index in [1.54, 1.807) is 30.3 Å². The third-order valence-electron chi connectivity index (χ3n) is 5.59. The van der Waals surface area contributed by atoms with Gasteiger partial charge in [-0.2, -0.15) is 0 Å². The van der Waals surface area contributed by atoms with E-state index in [0.717, 1.165) is 18.4 Å². The molecule has 0 aliphatic heterocycles. The van der Waals surface area contributed by atoms with Gasteiger partial charge >= 0.3 is 0 Å². The normalized spacial score (nSPS) is 14.2. The Morgan fingerprint density at radius 2 is 1.94 bits per heavy atom. The molecule has 32 heavy (non-hydrogen) atoms. The maximum Gasteiger partial charge on any atom is 0.253 e. The summed E-state index contributed by atoms with van der Waals surface area (Å²) in [7, 11) is 0. The number of aliphatic hydroxyl groups excluding tert-OH is 1. The molecule has 2 aromatic carbocycles. The molecule has 1 aliphatic carbocycles. The van der Waals surface area contributed by atoms with E-state index in [0.29, 0.717) is 34.2 Å². The molecule has 7 nitrogen and oxygen atoms in total. The van der Waals surface area contributed by atoms with Gasteiger partial charge in [0.2, 0.25) is 5.91 Å². The molecule has 1 saturated carbocycles. The first-order chi connectivity index (χ1) is 15.4. The van der Waals surface area contributed by atoms with Crippen molar-refractivity contribution in [2.45, 2.75) is 25.3 Å². The average Bonchev–Trinajstić information content (AvgIpc) is 3.60. The summed E-state index contributed by atoms with van der Waals surface area (Å²) in [5.74, 6) is -0.148. The number of nitrogens with two attached hydrogens (primary N) is 1. The van der Waals surface area contributed by atoms with Crippen molar-refractivity contribution in [3.05, 3.63) is 60.0 Å². The first kappa shape index (κ1) is 21.7. The Bertz CT molecular complexity index is 1160. The van der Waals surface area contributed by atoms with Crippen LogP contribution in [0.15, 0.2) is 48.7 Å². The summed E-state index contributed by atoms with van der Waals surface area (Å²) in [6.45, 7) is -0.183. The van der Waals surface area contributed by atoms with Crippen molar-refractivity contribution in [2.75, 3.05) is 18.9 Å². The molecule has 0 saturated heterocycles. The molecule has 1 unspecified atom stereocenters. The Balaban J connectivity index is 1.53. The van der Waals surface area contributed by atoms with E-state index in [2.05, 4.69) is 15.6 Å². The van der Waals surface area contributed by atoms with Crippen LogP contribution in [-0.4, -0.2) is 41.1 Å². The van der Waals surface area contributed by atoms with Crippen LogP contribution in [-0.2, 0) is 4.79 Å². The number of pyridine rings is 1. The number of aliphatic hydroxyl groups is 1. The number of hydrogen-bond donors (Lipinski definition) is 4. The number of aromatic nitrogens is 1. The number of nitrogen functional groups attached to an aromatic ring is 1. The topological polar surface area (TPSA) is 117 Å². The van der Waals surface area contributed by atoms with E-state index in [9.17, 15) is 19.1 Å². The zero-order valence-corrected chi connectivity index (χ0v) is 17.5. The van der Waals surface area contributed by atoms with E-state index in [1.807, 2.05) is 0 Å². The molecule has 0 radical (unpaired) electrons. The molecule has 1 heterocycles. The van der Waals surface area contributed by atoms with Crippen molar-refractivity contribution >= 4 is 28.4 Å². The number of rotatable bonds is 8. The Hall–Kier alpha value is -3.52. The van der Waals surface area contributed by atoms with Crippen LogP contribution in [0.25, 0.3) is 21.9 Å². The summed E-state index contributed by atoms with van der Waals surface area (Å²) in [6.07, 6.45) is 4.01. The summed E-state index contributed by atoms with van der Waals surface area (Å²) in [6, 6.07) is 10.9. The molecule has 8 heteroatoms. The van der Waals surface area contributed by atoms with Crippen molar-refractivity contribution in [1.82, 2.24) is 15.6 Å². The molecule has 5 N–H and O–H groups in total. The van der Waals surface area contributed by atoms with Gasteiger partial charge in [0.1, 0.15) is 11.6 Å². The maximum atomic E-state index is 13.6. The fourth-order valence-corrected chi connectivity index (χ4v) is 3.61. The minimum Gasteiger partial charge on any atom is -0.394 e. The molecular weight excluding hydrogens is 411 g/mol. The Kier molecular flexibility index (Phi) is 6.32. The monoisotopic (exact) mass is 436 g/mol. The molecule has 0 spiro atoms. The summed E-state index contributed by atoms with van der Waals surface area (Å²) < 4.78 is 13.6. The lowest BCUT2D eigenvalue weighted by molar-refractivity contribution is -0.121. The van der Waals surface area contributed by atoms with Crippen LogP contribution in [0.3, 0.4) is 0 Å². The number of benzene rings is 2. The SMILES string of the molecule is Nc1ncc(C(=O)NC(CO)CNC(=O)CC2CC2)c2ccc(-c3cccc(F)c3)cc12. The number of carbonyl (C=O) groups is 2. The van der Waals surface area contributed by atoms with Gasteiger partial charge in [-0.1, -0.05) is 24.3 Å². The van der Waals surface area contributed by atoms with Crippen LogP contribution in [0, 0.1) is 11.7 Å². The number of fused-ring (bicyclic) bond motifs is 1. The lowest BCUT2D eigenvalue weighted by atomic mass is 9.99. The third-order valence-corrected chi connectivity index (χ3v) is 5.59. The van der Waals surface area contributed by atoms with Crippen LogP contribution in [0.5, 0.6) is 0 Å². The molecular formula is C24H25FN4O3. The predicted molar refractivity (Wildman–Crippen MR) is 120 cm³/mol. The predicted octanol–water partition coefficient (Wildman–Crippen LogP) is 2.63. The Morgan fingerprint density at radius 3 is 2.66 bits per heavy atom. The number of anilines is 1. The quantitative estimate of drug-likeness (QED) is 0.433. The van der Waals surface area contributed by atoms with Crippen molar-refractivity contribution in [1.29, 1.82) is 0 Å². The third kappa shape index (κ3) is 5.03. The highest BCUT2D eigenvalue weighted by atomic mass is 19.1. The van der Waals surface area contributed by atoms with Crippen LogP contribution in [0.1, 0.15) is 29.6 Å². The van der Waals surface area contributed by atoms with Crippen LogP contribution in [0.4, 0.5) is 10.2 Å². The van der Waals surface area contributed by atoms with Gasteiger partial charge in [0.05, 0.1) is 18.2 Å². The van der Waals surface area contributed by atoms with E-state index in [4.69, 9.17) is 5.73 Å². The second kappa shape index (κ2) is 9.32. The zero-order valence-electron chi connectivity index (χ0n) is 17.5. The van der Waals surface area contributed by atoms with Gasteiger partial charge in [-0.25, -0.2) is 9.37 Å². The molecule has 1 aromatic heterocycles. The first-order valence-corrected chi connectivity index (χ1v) is 10.6. The smallest absolute Gasteiger partial charge is 0.253 e. The standard InChI is InChI=1S/C24H25FN4O3/c25-17-3-1-2-15(9-17)16-6-7-19-20(10-16)23(26)28-12-21(19)24(32)29-18(13-30)11-27-22(31)8-14-4-5-14/h1-3,6-7,9-10,12,14,18,30H,4-5,8,11,13H2,(H2,26,28)(H,27,31)(H,29,32). The van der Waals surface area contributed by atoms with Crippen LogP contribution in [0.2, 0.25) is 0 Å². The van der Waals surface area contributed by atoms with E-state index in [-0.39, 0.29) is 30.7 Å². The van der Waals surface area contributed by atoms with Crippen molar-refractivity contribution in [3.63, 3.8) is 0 Å². The molecule has 3 aromatic rings. The number of carbonyl (C=O) groups excluding carboxylic acids is 2. The van der Waals surface area contributed by atoms with Gasteiger partial charge in [0, 0.05) is 24.5 Å². The molecule has 2 amide bonds. The number of amides is 2. The highest BCUT2D eigenvalue weighted by Gasteiger charge is 2.25. The molecule has 0 bridgehead atoms. The highest BCUT2D eigenvalue weighted by Crippen LogP contribution is 2.32. The minimum absolute atomic E-state index is 0.0790. The van der Waals surface area contributed by atoms with Crippen LogP contribution < -0.4 is 16.4 Å². The summed E-state index contributed by atoms with van der Waals surface area (Å²) in [5.41, 5.74) is 7.77. The minimum atomic E-state index is -0.634. The second-order valence-electron chi connectivity index (χ2n) is 8.13. The Labute approximate surface area is 184 Å². The van der Waals surface area contributed by atoms with E-state index >= 15 is 0 Å². The summed E-state index contributed by atoms with van der Waals surface area (Å²) in [4.78, 5) is 28.9. The van der Waals surface area contributed by atoms with Gasteiger partial charge < -0.3 is 21.5 Å². The largest absolute Gasteiger partial charge is 0.394 e. The maximum absolute atomic E-state index is 13.6. The summed E-state index contributed by atoms with van der Waals surface area (Å²) >= 11 is 0.